The van der Waals surface area contributed by atoms with Crippen molar-refractivity contribution in [2.75, 3.05) is 0 Å². The summed E-state index contributed by atoms with van der Waals surface area (Å²) in [5.41, 5.74) is 4.26. The van der Waals surface area contributed by atoms with Crippen LogP contribution in [-0.2, 0) is 6.42 Å². The molecule has 2 aromatic heterocycles. The maximum atomic E-state index is 6.33. The van der Waals surface area contributed by atoms with Gasteiger partial charge >= 0.3 is 0 Å². The minimum absolute atomic E-state index is 0.451. The lowest BCUT2D eigenvalue weighted by Crippen LogP contribution is -2.19. The van der Waals surface area contributed by atoms with Gasteiger partial charge in [0.2, 0.25) is 0 Å². The summed E-state index contributed by atoms with van der Waals surface area (Å²) in [4.78, 5) is 9.45. The number of aromatic nitrogens is 2. The second kappa shape index (κ2) is 8.30. The van der Waals surface area contributed by atoms with Gasteiger partial charge in [0, 0.05) is 18.0 Å². The highest BCUT2D eigenvalue weighted by molar-refractivity contribution is 7.13. The van der Waals surface area contributed by atoms with Gasteiger partial charge in [-0.1, -0.05) is 26.3 Å². The van der Waals surface area contributed by atoms with Crippen molar-refractivity contribution in [3.8, 4) is 10.6 Å². The minimum Gasteiger partial charge on any atom is -0.440 e. The van der Waals surface area contributed by atoms with Gasteiger partial charge < -0.3 is 4.42 Å². The number of aryl methyl sites for hydroxylation is 1. The third-order valence-electron chi connectivity index (χ3n) is 7.41. The molecule has 4 heteroatoms. The van der Waals surface area contributed by atoms with Crippen molar-refractivity contribution in [2.24, 2.45) is 23.7 Å². The first-order valence-electron chi connectivity index (χ1n) is 11.6. The van der Waals surface area contributed by atoms with E-state index in [0.717, 1.165) is 57.7 Å². The average molecular weight is 421 g/mol. The van der Waals surface area contributed by atoms with Crippen LogP contribution in [0.15, 0.2) is 40.8 Å². The van der Waals surface area contributed by atoms with Gasteiger partial charge in [-0.25, -0.2) is 9.97 Å². The Bertz CT molecular complexity index is 1020. The molecule has 3 aliphatic carbocycles. The van der Waals surface area contributed by atoms with Gasteiger partial charge in [0.05, 0.1) is 5.56 Å². The van der Waals surface area contributed by atoms with Crippen LogP contribution in [0.5, 0.6) is 0 Å². The summed E-state index contributed by atoms with van der Waals surface area (Å²) in [5, 5.41) is 3.04. The summed E-state index contributed by atoms with van der Waals surface area (Å²) >= 11 is 1.66. The highest BCUT2D eigenvalue weighted by Gasteiger charge is 2.35. The molecule has 2 bridgehead atoms. The predicted octanol–water partition coefficient (Wildman–Crippen LogP) is 7.64. The highest BCUT2D eigenvalue weighted by Crippen LogP contribution is 2.46. The quantitative estimate of drug-likeness (QED) is 0.385. The third kappa shape index (κ3) is 3.87. The van der Waals surface area contributed by atoms with Crippen LogP contribution in [0.1, 0.15) is 69.7 Å². The van der Waals surface area contributed by atoms with E-state index in [1.165, 1.54) is 44.1 Å². The lowest BCUT2D eigenvalue weighted by atomic mass is 9.76. The second-order valence-electron chi connectivity index (χ2n) is 9.73. The predicted molar refractivity (Wildman–Crippen MR) is 125 cm³/mol. The number of fused-ring (bicyclic) bond motifs is 5. The van der Waals surface area contributed by atoms with Crippen molar-refractivity contribution in [1.82, 2.24) is 9.97 Å². The molecule has 0 amide bonds. The molecule has 3 saturated carbocycles. The number of nitrogens with zero attached hydrogens (tertiary/aromatic N) is 2. The average Bonchev–Trinajstić information content (AvgIpc) is 3.34. The van der Waals surface area contributed by atoms with Gasteiger partial charge in [0.15, 0.2) is 11.5 Å². The van der Waals surface area contributed by atoms with Crippen LogP contribution in [-0.4, -0.2) is 9.97 Å². The molecule has 3 nitrogen and oxygen atoms in total. The van der Waals surface area contributed by atoms with Crippen LogP contribution >= 0.6 is 11.3 Å². The van der Waals surface area contributed by atoms with E-state index in [2.05, 4.69) is 43.6 Å². The number of hydrogen-bond acceptors (Lipinski definition) is 4. The molecule has 4 unspecified atom stereocenters. The molecule has 0 radical (unpaired) electrons. The molecule has 30 heavy (non-hydrogen) atoms. The topological polar surface area (TPSA) is 38.9 Å². The molecule has 3 aliphatic rings. The molecule has 1 aromatic carbocycles. The number of benzene rings is 1. The molecule has 6 rings (SSSR count). The summed E-state index contributed by atoms with van der Waals surface area (Å²) in [6.07, 6.45) is 13.1. The van der Waals surface area contributed by atoms with E-state index in [1.807, 2.05) is 11.6 Å². The lowest BCUT2D eigenvalue weighted by Gasteiger charge is -2.30. The van der Waals surface area contributed by atoms with Gasteiger partial charge in [-0.15, -0.1) is 17.9 Å². The van der Waals surface area contributed by atoms with Crippen LogP contribution in [0.3, 0.4) is 0 Å². The molecule has 0 aliphatic heterocycles. The number of thiazole rings is 1. The zero-order chi connectivity index (χ0) is 20.7. The normalized spacial score (nSPS) is 26.4. The molecule has 3 fully saturated rings. The van der Waals surface area contributed by atoms with E-state index >= 15 is 0 Å². The molecular weight excluding hydrogens is 388 g/mol. The molecule has 2 heterocycles. The first-order valence-corrected chi connectivity index (χ1v) is 12.4. The monoisotopic (exact) mass is 420 g/mol. The van der Waals surface area contributed by atoms with E-state index in [9.17, 15) is 0 Å². The van der Waals surface area contributed by atoms with Crippen molar-refractivity contribution in [2.45, 2.75) is 64.7 Å². The summed E-state index contributed by atoms with van der Waals surface area (Å²) in [6.45, 7) is 8.56. The standard InChI is InChI=1S/C26H32N2OS/c1-4-19-12-17-5-7-20(19)13-18(11-17)6-8-24-28-23-15-21(16(2)3)14-22(25(23)29-24)26-27-9-10-30-26/h4,9-10,14-20H,1,5-8,11-13H2,2-3H3. The van der Waals surface area contributed by atoms with Crippen LogP contribution in [0.2, 0.25) is 0 Å². The van der Waals surface area contributed by atoms with Gasteiger partial charge in [-0.2, -0.15) is 0 Å². The van der Waals surface area contributed by atoms with Crippen molar-refractivity contribution >= 4 is 22.4 Å². The first kappa shape index (κ1) is 20.0. The largest absolute Gasteiger partial charge is 0.440 e. The Balaban J connectivity index is 1.38. The Kier molecular flexibility index (Phi) is 5.53. The Morgan fingerprint density at radius 1 is 1.23 bits per heavy atom. The number of oxazole rings is 1. The van der Waals surface area contributed by atoms with Crippen LogP contribution in [0.25, 0.3) is 21.7 Å². The van der Waals surface area contributed by atoms with Crippen LogP contribution in [0.4, 0.5) is 0 Å². The smallest absolute Gasteiger partial charge is 0.195 e. The molecule has 3 aromatic rings. The van der Waals surface area contributed by atoms with Crippen LogP contribution in [0, 0.1) is 23.7 Å². The Morgan fingerprint density at radius 2 is 2.13 bits per heavy atom. The molecular formula is C26H32N2OS. The van der Waals surface area contributed by atoms with Crippen molar-refractivity contribution in [3.05, 3.63) is 47.8 Å². The molecule has 158 valence electrons. The number of rotatable bonds is 6. The van der Waals surface area contributed by atoms with Gasteiger partial charge in [-0.3, -0.25) is 0 Å². The maximum absolute atomic E-state index is 6.33. The van der Waals surface area contributed by atoms with E-state index in [1.54, 1.807) is 11.3 Å². The van der Waals surface area contributed by atoms with E-state index in [0.29, 0.717) is 5.92 Å². The molecule has 4 atom stereocenters. The van der Waals surface area contributed by atoms with E-state index in [-0.39, 0.29) is 0 Å². The van der Waals surface area contributed by atoms with Crippen LogP contribution < -0.4 is 0 Å². The SMILES string of the molecule is C=CC1CC2CCC1CC(CCc1nc3cc(C(C)C)cc(-c4nccs4)c3o1)C2. The fraction of sp³-hybridized carbons (Fsp3) is 0.538. The second-order valence-corrected chi connectivity index (χ2v) is 10.6. The molecule has 0 N–H and O–H groups in total. The number of allylic oxidation sites excluding steroid dienone is 1. The summed E-state index contributed by atoms with van der Waals surface area (Å²) < 4.78 is 6.33. The fourth-order valence-corrected chi connectivity index (χ4v) is 6.42. The Labute approximate surface area is 183 Å². The lowest BCUT2D eigenvalue weighted by molar-refractivity contribution is 0.243. The zero-order valence-electron chi connectivity index (χ0n) is 18.1. The van der Waals surface area contributed by atoms with Crippen molar-refractivity contribution < 1.29 is 4.42 Å². The fourth-order valence-electron chi connectivity index (χ4n) is 5.77. The summed E-state index contributed by atoms with van der Waals surface area (Å²) in [7, 11) is 0. The van der Waals surface area contributed by atoms with Crippen molar-refractivity contribution in [1.29, 1.82) is 0 Å². The summed E-state index contributed by atoms with van der Waals surface area (Å²) in [6, 6.07) is 4.43. The first-order chi connectivity index (χ1) is 14.6. The van der Waals surface area contributed by atoms with Gasteiger partial charge in [0.25, 0.3) is 0 Å². The molecule has 0 saturated heterocycles. The van der Waals surface area contributed by atoms with E-state index < -0.39 is 0 Å². The Morgan fingerprint density at radius 3 is 2.90 bits per heavy atom. The summed E-state index contributed by atoms with van der Waals surface area (Å²) in [5.74, 6) is 4.62. The minimum atomic E-state index is 0.451. The Hall–Kier alpha value is -1.94. The van der Waals surface area contributed by atoms with Crippen molar-refractivity contribution in [3.63, 3.8) is 0 Å². The maximum Gasteiger partial charge on any atom is 0.195 e. The third-order valence-corrected chi connectivity index (χ3v) is 8.22. The van der Waals surface area contributed by atoms with E-state index in [4.69, 9.17) is 9.40 Å². The van der Waals surface area contributed by atoms with Gasteiger partial charge in [0.1, 0.15) is 10.5 Å². The number of hydrogen-bond donors (Lipinski definition) is 0. The molecule has 0 spiro atoms. The zero-order valence-corrected chi connectivity index (χ0v) is 19.0. The van der Waals surface area contributed by atoms with Gasteiger partial charge in [-0.05, 0) is 79.4 Å². The highest BCUT2D eigenvalue weighted by atomic mass is 32.1.